The highest BCUT2D eigenvalue weighted by Crippen LogP contribution is 2.26. The standard InChI is InChI=1S/C24H34N4O6/c1-14(2)9-19(23(31)27-18(21(30)12-29)10-15-7-8-25-34-13-15)28-24(32)20-11-16-17(26-20)5-4-6-22(16)33-3/h4-6,11,14-15,18-19,25-26,29H,7-10,12-13H2,1-3H3,(H,27,31)(H,28,32)/t15?,18?,19-/m0/s1. The summed E-state index contributed by atoms with van der Waals surface area (Å²) in [6.45, 7) is 4.29. The van der Waals surface area contributed by atoms with Crippen molar-refractivity contribution in [3.8, 4) is 5.75 Å². The lowest BCUT2D eigenvalue weighted by molar-refractivity contribution is -0.131. The second-order valence-electron chi connectivity index (χ2n) is 9.04. The van der Waals surface area contributed by atoms with Gasteiger partial charge in [0.15, 0.2) is 5.78 Å². The maximum Gasteiger partial charge on any atom is 0.268 e. The van der Waals surface area contributed by atoms with Crippen LogP contribution in [0, 0.1) is 11.8 Å². The highest BCUT2D eigenvalue weighted by molar-refractivity contribution is 6.01. The first-order valence-electron chi connectivity index (χ1n) is 11.6. The molecule has 2 unspecified atom stereocenters. The van der Waals surface area contributed by atoms with Crippen LogP contribution in [0.4, 0.5) is 0 Å². The average Bonchev–Trinajstić information content (AvgIpc) is 3.27. The van der Waals surface area contributed by atoms with Crippen LogP contribution in [0.2, 0.25) is 0 Å². The lowest BCUT2D eigenvalue weighted by Crippen LogP contribution is -2.53. The Bertz CT molecular complexity index is 999. The fourth-order valence-electron chi connectivity index (χ4n) is 4.13. The van der Waals surface area contributed by atoms with Crippen molar-refractivity contribution in [2.75, 3.05) is 26.9 Å². The van der Waals surface area contributed by atoms with Crippen LogP contribution in [0.3, 0.4) is 0 Å². The van der Waals surface area contributed by atoms with E-state index < -0.39 is 36.3 Å². The van der Waals surface area contributed by atoms with E-state index in [4.69, 9.17) is 9.57 Å². The first kappa shape index (κ1) is 25.7. The summed E-state index contributed by atoms with van der Waals surface area (Å²) in [6.07, 6.45) is 1.54. The van der Waals surface area contributed by atoms with Gasteiger partial charge in [0.05, 0.1) is 19.8 Å². The van der Waals surface area contributed by atoms with Crippen LogP contribution in [0.15, 0.2) is 24.3 Å². The number of carbonyl (C=O) groups is 3. The Labute approximate surface area is 198 Å². The van der Waals surface area contributed by atoms with Gasteiger partial charge in [0.2, 0.25) is 5.91 Å². The van der Waals surface area contributed by atoms with Crippen molar-refractivity contribution < 1.29 is 29.1 Å². The molecule has 186 valence electrons. The quantitative estimate of drug-likeness (QED) is 0.330. The second-order valence-corrected chi connectivity index (χ2v) is 9.04. The molecule has 2 amide bonds. The van der Waals surface area contributed by atoms with Crippen LogP contribution in [0.1, 0.15) is 43.6 Å². The summed E-state index contributed by atoms with van der Waals surface area (Å²) >= 11 is 0. The number of ketones is 1. The Balaban J connectivity index is 1.73. The van der Waals surface area contributed by atoms with Gasteiger partial charge in [0.1, 0.15) is 24.1 Å². The number of amides is 2. The molecule has 1 aromatic heterocycles. The van der Waals surface area contributed by atoms with Crippen molar-refractivity contribution in [3.63, 3.8) is 0 Å². The van der Waals surface area contributed by atoms with Crippen molar-refractivity contribution >= 4 is 28.5 Å². The van der Waals surface area contributed by atoms with Gasteiger partial charge in [-0.1, -0.05) is 19.9 Å². The molecule has 0 aliphatic carbocycles. The van der Waals surface area contributed by atoms with E-state index in [9.17, 15) is 19.5 Å². The largest absolute Gasteiger partial charge is 0.496 e. The molecule has 10 nitrogen and oxygen atoms in total. The number of benzene rings is 1. The zero-order valence-electron chi connectivity index (χ0n) is 19.8. The number of H-pyrrole nitrogens is 1. The summed E-state index contributed by atoms with van der Waals surface area (Å²) in [5.41, 5.74) is 3.83. The molecule has 0 bridgehead atoms. The Kier molecular flexibility index (Phi) is 9.03. The van der Waals surface area contributed by atoms with Crippen molar-refractivity contribution in [1.82, 2.24) is 21.1 Å². The predicted molar refractivity (Wildman–Crippen MR) is 126 cm³/mol. The Morgan fingerprint density at radius 1 is 1.24 bits per heavy atom. The lowest BCUT2D eigenvalue weighted by atomic mass is 9.94. The molecule has 0 radical (unpaired) electrons. The topological polar surface area (TPSA) is 142 Å². The first-order chi connectivity index (χ1) is 16.3. The number of nitrogens with one attached hydrogen (secondary N) is 4. The molecule has 1 saturated heterocycles. The van der Waals surface area contributed by atoms with Gasteiger partial charge in [0, 0.05) is 17.4 Å². The summed E-state index contributed by atoms with van der Waals surface area (Å²) in [7, 11) is 1.56. The first-order valence-corrected chi connectivity index (χ1v) is 11.6. The monoisotopic (exact) mass is 474 g/mol. The zero-order valence-corrected chi connectivity index (χ0v) is 19.8. The van der Waals surface area contributed by atoms with Crippen molar-refractivity contribution in [3.05, 3.63) is 30.0 Å². The van der Waals surface area contributed by atoms with Crippen LogP contribution in [0.25, 0.3) is 10.9 Å². The number of ether oxygens (including phenoxy) is 1. The van der Waals surface area contributed by atoms with Crippen LogP contribution in [-0.2, 0) is 14.4 Å². The normalized spacial score (nSPS) is 17.9. The SMILES string of the molecule is COc1cccc2[nH]c(C(=O)N[C@@H](CC(C)C)C(=O)NC(CC3CCNOC3)C(=O)CO)cc12. The summed E-state index contributed by atoms with van der Waals surface area (Å²) in [6, 6.07) is 5.44. The number of fused-ring (bicyclic) bond motifs is 1. The minimum atomic E-state index is -0.854. The van der Waals surface area contributed by atoms with Gasteiger partial charge in [-0.05, 0) is 49.3 Å². The number of Topliss-reactive ketones (excluding diaryl/α,β-unsaturated/α-hetero) is 1. The van der Waals surface area contributed by atoms with Crippen molar-refractivity contribution in [2.24, 2.45) is 11.8 Å². The maximum atomic E-state index is 13.2. The van der Waals surface area contributed by atoms with Gasteiger partial charge >= 0.3 is 0 Å². The summed E-state index contributed by atoms with van der Waals surface area (Å²) in [5.74, 6) is -0.542. The molecule has 0 spiro atoms. The molecule has 1 fully saturated rings. The minimum Gasteiger partial charge on any atom is -0.496 e. The smallest absolute Gasteiger partial charge is 0.268 e. The zero-order chi connectivity index (χ0) is 24.7. The number of hydrogen-bond acceptors (Lipinski definition) is 7. The maximum absolute atomic E-state index is 13.2. The summed E-state index contributed by atoms with van der Waals surface area (Å²) in [4.78, 5) is 46.8. The van der Waals surface area contributed by atoms with E-state index in [-0.39, 0.29) is 11.8 Å². The van der Waals surface area contributed by atoms with E-state index in [0.717, 1.165) is 17.3 Å². The van der Waals surface area contributed by atoms with Gasteiger partial charge in [-0.25, -0.2) is 5.48 Å². The lowest BCUT2D eigenvalue weighted by Gasteiger charge is -2.28. The molecule has 3 rings (SSSR count). The van der Waals surface area contributed by atoms with Crippen molar-refractivity contribution in [2.45, 2.75) is 45.2 Å². The number of hydrogen-bond donors (Lipinski definition) is 5. The van der Waals surface area contributed by atoms with E-state index in [2.05, 4.69) is 21.1 Å². The highest BCUT2D eigenvalue weighted by atomic mass is 16.6. The van der Waals surface area contributed by atoms with Gasteiger partial charge in [-0.2, -0.15) is 0 Å². The number of methoxy groups -OCH3 is 1. The summed E-state index contributed by atoms with van der Waals surface area (Å²) < 4.78 is 5.35. The molecule has 1 aliphatic rings. The molecule has 2 aromatic rings. The van der Waals surface area contributed by atoms with Gasteiger partial charge in [0.25, 0.3) is 5.91 Å². The summed E-state index contributed by atoms with van der Waals surface area (Å²) in [5, 5.41) is 15.7. The van der Waals surface area contributed by atoms with Gasteiger partial charge in [-0.15, -0.1) is 0 Å². The van der Waals surface area contributed by atoms with Gasteiger partial charge in [-0.3, -0.25) is 14.4 Å². The Hall–Kier alpha value is -2.95. The van der Waals surface area contributed by atoms with Crippen LogP contribution in [0.5, 0.6) is 5.75 Å². The molecule has 10 heteroatoms. The predicted octanol–water partition coefficient (Wildman–Crippen LogP) is 1.30. The Morgan fingerprint density at radius 2 is 2.03 bits per heavy atom. The van der Waals surface area contributed by atoms with Crippen LogP contribution >= 0.6 is 0 Å². The third-order valence-corrected chi connectivity index (χ3v) is 5.92. The van der Waals surface area contributed by atoms with Crippen LogP contribution < -0.4 is 20.9 Å². The second kappa shape index (κ2) is 12.0. The number of hydroxylamine groups is 1. The molecule has 0 saturated carbocycles. The number of rotatable bonds is 11. The third kappa shape index (κ3) is 6.55. The van der Waals surface area contributed by atoms with E-state index in [1.54, 1.807) is 19.2 Å². The molecule has 2 heterocycles. The number of aliphatic hydroxyl groups is 1. The molecule has 1 aromatic carbocycles. The molecule has 5 N–H and O–H groups in total. The molecule has 3 atom stereocenters. The Morgan fingerprint density at radius 3 is 2.68 bits per heavy atom. The highest BCUT2D eigenvalue weighted by Gasteiger charge is 2.30. The average molecular weight is 475 g/mol. The molecule has 1 aliphatic heterocycles. The van der Waals surface area contributed by atoms with E-state index in [1.807, 2.05) is 26.0 Å². The molecule has 34 heavy (non-hydrogen) atoms. The molecular weight excluding hydrogens is 440 g/mol. The van der Waals surface area contributed by atoms with Gasteiger partial charge < -0.3 is 30.3 Å². The number of aromatic nitrogens is 1. The fourth-order valence-corrected chi connectivity index (χ4v) is 4.13. The number of aliphatic hydroxyl groups excluding tert-OH is 1. The number of aromatic amines is 1. The third-order valence-electron chi connectivity index (χ3n) is 5.92. The van der Waals surface area contributed by atoms with Crippen LogP contribution in [-0.4, -0.2) is 66.6 Å². The minimum absolute atomic E-state index is 0.0709. The van der Waals surface area contributed by atoms with E-state index in [1.165, 1.54) is 0 Å². The van der Waals surface area contributed by atoms with Crippen molar-refractivity contribution in [1.29, 1.82) is 0 Å². The van der Waals surface area contributed by atoms with E-state index in [0.29, 0.717) is 37.4 Å². The number of carbonyl (C=O) groups excluding carboxylic acids is 3. The van der Waals surface area contributed by atoms with E-state index >= 15 is 0 Å². The molecular formula is C24H34N4O6. The fraction of sp³-hybridized carbons (Fsp3) is 0.542.